The third-order valence-corrected chi connectivity index (χ3v) is 17.5. The molecule has 0 bridgehead atoms. The number of rotatable bonds is 5. The van der Waals surface area contributed by atoms with Crippen molar-refractivity contribution in [1.82, 2.24) is 0 Å². The van der Waals surface area contributed by atoms with Crippen molar-refractivity contribution in [3.63, 3.8) is 0 Å². The van der Waals surface area contributed by atoms with E-state index in [2.05, 4.69) is 231 Å². The van der Waals surface area contributed by atoms with E-state index < -0.39 is 0 Å². The van der Waals surface area contributed by atoms with Crippen molar-refractivity contribution in [2.24, 2.45) is 0 Å². The zero-order valence-electron chi connectivity index (χ0n) is 35.8. The molecule has 0 spiro atoms. The Morgan fingerprint density at radius 1 is 0.242 bits per heavy atom. The summed E-state index contributed by atoms with van der Waals surface area (Å²) >= 11 is 1.98. The first kappa shape index (κ1) is 37.8. The van der Waals surface area contributed by atoms with Gasteiger partial charge in [-0.15, -0.1) is 0 Å². The molecule has 14 aromatic rings. The molecule has 0 radical (unpaired) electrons. The molecule has 0 aliphatic heterocycles. The minimum atomic E-state index is 0.0946. The van der Waals surface area contributed by atoms with Crippen molar-refractivity contribution in [2.75, 3.05) is 0 Å². The smallest absolute Gasteiger partial charge is 0.0544 e. The molecule has 0 atom stereocenters. The molecule has 14 rings (SSSR count). The van der Waals surface area contributed by atoms with Crippen LogP contribution in [0.1, 0.15) is 0 Å². The molecule has 0 saturated heterocycles. The minimum absolute atomic E-state index is 0.0946. The first-order valence-corrected chi connectivity index (χ1v) is 25.2. The fourth-order valence-electron chi connectivity index (χ4n) is 11.0. The Balaban J connectivity index is 0.968. The van der Waals surface area contributed by atoms with Crippen molar-refractivity contribution in [3.05, 3.63) is 231 Å². The van der Waals surface area contributed by atoms with E-state index in [1.807, 2.05) is 11.3 Å². The van der Waals surface area contributed by atoms with E-state index in [0.29, 0.717) is 0 Å². The standard InChI is InChI=1S/C64H38SSe/c1-3-16-39(17-4-1)41-31-34-57-55(36-41)56-37-42(32-35-58(56)65-57)61-49-24-11-13-26-51(49)63(52-27-14-12-25-50(52)61)54-29-15-28-53-44-33-30-43(38-59(44)66-64(53)54)62-47-22-9-7-20-45(47)60(40-18-5-2-6-19-40)46-21-8-10-23-48(46)62/h1-38H. The van der Waals surface area contributed by atoms with Crippen LogP contribution in [-0.2, 0) is 0 Å². The maximum absolute atomic E-state index is 2.52. The van der Waals surface area contributed by atoms with Crippen LogP contribution in [-0.4, -0.2) is 14.5 Å². The second-order valence-corrected chi connectivity index (χ2v) is 20.7. The average molecular weight is 918 g/mol. The fourth-order valence-corrected chi connectivity index (χ4v) is 14.7. The number of hydrogen-bond acceptors (Lipinski definition) is 1. The summed E-state index contributed by atoms with van der Waals surface area (Å²) in [6.45, 7) is 0. The summed E-state index contributed by atoms with van der Waals surface area (Å²) in [5.41, 5.74) is 12.9. The summed E-state index contributed by atoms with van der Waals surface area (Å²) in [4.78, 5) is 0. The van der Waals surface area contributed by atoms with Crippen LogP contribution in [0.2, 0.25) is 0 Å². The molecule has 12 aromatic carbocycles. The Morgan fingerprint density at radius 3 is 1.20 bits per heavy atom. The summed E-state index contributed by atoms with van der Waals surface area (Å²) in [5, 5.41) is 15.7. The van der Waals surface area contributed by atoms with Crippen molar-refractivity contribution in [3.8, 4) is 55.6 Å². The van der Waals surface area contributed by atoms with Crippen molar-refractivity contribution < 1.29 is 0 Å². The van der Waals surface area contributed by atoms with Crippen LogP contribution in [0.4, 0.5) is 0 Å². The topological polar surface area (TPSA) is 0 Å². The van der Waals surface area contributed by atoms with Gasteiger partial charge in [-0.3, -0.25) is 0 Å². The number of hydrogen-bond donors (Lipinski definition) is 0. The number of benzene rings is 12. The van der Waals surface area contributed by atoms with Crippen molar-refractivity contribution >= 4 is 108 Å². The van der Waals surface area contributed by atoms with Gasteiger partial charge in [0, 0.05) is 0 Å². The molecule has 0 aliphatic rings. The molecule has 0 amide bonds. The largest absolute Gasteiger partial charge is 0.0617 e. The van der Waals surface area contributed by atoms with Gasteiger partial charge in [-0.1, -0.05) is 36.4 Å². The van der Waals surface area contributed by atoms with Crippen LogP contribution in [0.15, 0.2) is 231 Å². The second-order valence-electron chi connectivity index (χ2n) is 17.4. The van der Waals surface area contributed by atoms with E-state index >= 15 is 0 Å². The fraction of sp³-hybridized carbons (Fsp3) is 0. The van der Waals surface area contributed by atoms with E-state index in [0.717, 1.165) is 0 Å². The van der Waals surface area contributed by atoms with Gasteiger partial charge in [0.2, 0.25) is 0 Å². The molecular weight excluding hydrogens is 880 g/mol. The molecule has 0 fully saturated rings. The van der Waals surface area contributed by atoms with Crippen LogP contribution in [0, 0.1) is 0 Å². The van der Waals surface area contributed by atoms with Gasteiger partial charge >= 0.3 is 353 Å². The Morgan fingerprint density at radius 2 is 0.652 bits per heavy atom. The van der Waals surface area contributed by atoms with Crippen LogP contribution in [0.3, 0.4) is 0 Å². The van der Waals surface area contributed by atoms with Gasteiger partial charge in [0.25, 0.3) is 0 Å². The molecule has 66 heavy (non-hydrogen) atoms. The molecule has 0 aliphatic carbocycles. The third-order valence-electron chi connectivity index (χ3n) is 13.8. The molecule has 0 unspecified atom stereocenters. The van der Waals surface area contributed by atoms with Crippen LogP contribution >= 0.6 is 11.3 Å². The molecule has 0 nitrogen and oxygen atoms in total. The Kier molecular flexibility index (Phi) is 8.58. The van der Waals surface area contributed by atoms with Crippen LogP contribution in [0.5, 0.6) is 0 Å². The van der Waals surface area contributed by atoms with Gasteiger partial charge in [-0.25, -0.2) is 0 Å². The summed E-state index contributed by atoms with van der Waals surface area (Å²) in [6.07, 6.45) is 0. The summed E-state index contributed by atoms with van der Waals surface area (Å²) in [6, 6.07) is 86.3. The van der Waals surface area contributed by atoms with E-state index in [1.165, 1.54) is 138 Å². The van der Waals surface area contributed by atoms with E-state index in [-0.39, 0.29) is 14.5 Å². The van der Waals surface area contributed by atoms with Gasteiger partial charge in [-0.2, -0.15) is 0 Å². The predicted molar refractivity (Wildman–Crippen MR) is 288 cm³/mol. The summed E-state index contributed by atoms with van der Waals surface area (Å²) in [5.74, 6) is 0. The quantitative estimate of drug-likeness (QED) is 0.119. The monoisotopic (exact) mass is 918 g/mol. The number of fused-ring (bicyclic) bond motifs is 10. The first-order valence-electron chi connectivity index (χ1n) is 22.7. The van der Waals surface area contributed by atoms with E-state index in [9.17, 15) is 0 Å². The van der Waals surface area contributed by atoms with E-state index in [4.69, 9.17) is 0 Å². The second kappa shape index (κ2) is 15.0. The summed E-state index contributed by atoms with van der Waals surface area (Å²) in [7, 11) is 0. The Hall–Kier alpha value is -7.58. The van der Waals surface area contributed by atoms with Gasteiger partial charge in [-0.05, 0) is 5.56 Å². The van der Waals surface area contributed by atoms with Crippen LogP contribution in [0.25, 0.3) is 138 Å². The predicted octanol–water partition coefficient (Wildman–Crippen LogP) is 18.4. The Labute approximate surface area is 392 Å². The van der Waals surface area contributed by atoms with Gasteiger partial charge < -0.3 is 0 Å². The Bertz CT molecular complexity index is 4160. The van der Waals surface area contributed by atoms with Gasteiger partial charge in [0.05, 0.1) is 0 Å². The molecular formula is C64H38SSe. The van der Waals surface area contributed by atoms with Gasteiger partial charge in [0.15, 0.2) is 0 Å². The normalized spacial score (nSPS) is 11.9. The maximum atomic E-state index is 2.52. The third kappa shape index (κ3) is 5.76. The van der Waals surface area contributed by atoms with Crippen molar-refractivity contribution in [1.29, 1.82) is 0 Å². The van der Waals surface area contributed by atoms with Crippen molar-refractivity contribution in [2.45, 2.75) is 0 Å². The summed E-state index contributed by atoms with van der Waals surface area (Å²) < 4.78 is 5.55. The number of thiophene rings is 1. The molecule has 0 saturated carbocycles. The molecule has 2 aromatic heterocycles. The SMILES string of the molecule is c1ccc(-c2ccc3sc4ccc(-c5c6ccccc6c(-c6cccc7c6[se]c6cc(-c8c9ccccc9c(-c9ccccc9)c9ccccc89)ccc67)c6ccccc56)cc4c3c2)cc1. The molecule has 306 valence electrons. The molecule has 0 N–H and O–H groups in total. The first-order chi connectivity index (χ1) is 32.7. The maximum Gasteiger partial charge on any atom is -0.0544 e. The minimum Gasteiger partial charge on any atom is -0.0617 e. The average Bonchev–Trinajstić information content (AvgIpc) is 3.95. The van der Waals surface area contributed by atoms with Crippen LogP contribution < -0.4 is 0 Å². The van der Waals surface area contributed by atoms with E-state index in [1.54, 1.807) is 0 Å². The zero-order valence-corrected chi connectivity index (χ0v) is 38.3. The molecule has 2 heterocycles. The zero-order chi connectivity index (χ0) is 43.3. The molecule has 2 heteroatoms. The van der Waals surface area contributed by atoms with Gasteiger partial charge in [0.1, 0.15) is 0 Å².